The highest BCUT2D eigenvalue weighted by Gasteiger charge is 2.10. The molecule has 0 aliphatic heterocycles. The molecule has 2 aromatic rings. The van der Waals surface area contributed by atoms with Gasteiger partial charge in [-0.1, -0.05) is 65.7 Å². The van der Waals surface area contributed by atoms with Gasteiger partial charge in [-0.25, -0.2) is 0 Å². The number of hydrogen-bond acceptors (Lipinski definition) is 3. The zero-order valence-electron chi connectivity index (χ0n) is 18.2. The summed E-state index contributed by atoms with van der Waals surface area (Å²) >= 11 is 0. The highest BCUT2D eigenvalue weighted by Crippen LogP contribution is 2.28. The maximum Gasteiger partial charge on any atom is 0.309 e. The second-order valence-corrected chi connectivity index (χ2v) is 7.21. The molecule has 0 aromatic heterocycles. The summed E-state index contributed by atoms with van der Waals surface area (Å²) in [5, 5.41) is 0. The van der Waals surface area contributed by atoms with Gasteiger partial charge in [0.05, 0.1) is 19.6 Å². The molecule has 2 aromatic carbocycles. The van der Waals surface area contributed by atoms with E-state index in [0.717, 1.165) is 16.7 Å². The lowest BCUT2D eigenvalue weighted by Crippen LogP contribution is -2.08. The Labute approximate surface area is 175 Å². The van der Waals surface area contributed by atoms with E-state index in [1.54, 1.807) is 0 Å². The first kappa shape index (κ1) is 22.6. The van der Waals surface area contributed by atoms with E-state index in [2.05, 4.69) is 69.3 Å². The second-order valence-electron chi connectivity index (χ2n) is 7.21. The fourth-order valence-electron chi connectivity index (χ4n) is 3.18. The Morgan fingerprint density at radius 1 is 0.897 bits per heavy atom. The molecule has 3 nitrogen and oxygen atoms in total. The van der Waals surface area contributed by atoms with Gasteiger partial charge in [-0.15, -0.1) is 0 Å². The quantitative estimate of drug-likeness (QED) is 0.390. The molecule has 0 radical (unpaired) electrons. The molecular formula is C26H32O3. The van der Waals surface area contributed by atoms with Gasteiger partial charge in [-0.05, 0) is 62.5 Å². The first-order valence-electron chi connectivity index (χ1n) is 10.2. The Balaban J connectivity index is 2.49. The molecule has 0 heterocycles. The van der Waals surface area contributed by atoms with Gasteiger partial charge in [0.15, 0.2) is 0 Å². The summed E-state index contributed by atoms with van der Waals surface area (Å²) in [6.07, 6.45) is 4.33. The van der Waals surface area contributed by atoms with Crippen LogP contribution < -0.4 is 0 Å². The van der Waals surface area contributed by atoms with Gasteiger partial charge in [0.2, 0.25) is 0 Å². The molecule has 0 aliphatic rings. The van der Waals surface area contributed by atoms with E-state index in [-0.39, 0.29) is 12.4 Å². The number of allylic oxidation sites excluding steroid dienone is 2. The number of esters is 1. The number of aryl methyl sites for hydroxylation is 3. The molecule has 0 saturated carbocycles. The molecule has 0 fully saturated rings. The van der Waals surface area contributed by atoms with E-state index in [1.165, 1.54) is 22.3 Å². The van der Waals surface area contributed by atoms with Gasteiger partial charge in [0.1, 0.15) is 0 Å². The lowest BCUT2D eigenvalue weighted by molar-refractivity contribution is -0.142. The summed E-state index contributed by atoms with van der Waals surface area (Å²) in [6.45, 7) is 11.5. The van der Waals surface area contributed by atoms with Crippen LogP contribution in [0.25, 0.3) is 5.57 Å². The molecule has 0 N–H and O–H groups in total. The van der Waals surface area contributed by atoms with Crippen molar-refractivity contribution in [2.24, 2.45) is 0 Å². The van der Waals surface area contributed by atoms with Crippen molar-refractivity contribution in [2.75, 3.05) is 19.8 Å². The average molecular weight is 393 g/mol. The zero-order valence-corrected chi connectivity index (χ0v) is 18.2. The molecule has 29 heavy (non-hydrogen) atoms. The van der Waals surface area contributed by atoms with E-state index in [1.807, 2.05) is 19.9 Å². The van der Waals surface area contributed by atoms with Crippen molar-refractivity contribution in [2.45, 2.75) is 41.0 Å². The van der Waals surface area contributed by atoms with Gasteiger partial charge < -0.3 is 9.47 Å². The summed E-state index contributed by atoms with van der Waals surface area (Å²) in [4.78, 5) is 12.0. The molecule has 2 rings (SSSR count). The van der Waals surface area contributed by atoms with E-state index in [9.17, 15) is 4.79 Å². The van der Waals surface area contributed by atoms with Crippen LogP contribution in [0.3, 0.4) is 0 Å². The fourth-order valence-corrected chi connectivity index (χ4v) is 3.18. The maximum atomic E-state index is 12.0. The molecule has 0 bridgehead atoms. The van der Waals surface area contributed by atoms with E-state index < -0.39 is 0 Å². The molecule has 0 spiro atoms. The van der Waals surface area contributed by atoms with Crippen LogP contribution in [0, 0.1) is 20.8 Å². The van der Waals surface area contributed by atoms with E-state index in [0.29, 0.717) is 19.8 Å². The maximum absolute atomic E-state index is 12.0. The number of carbonyl (C=O) groups excluding carboxylic acids is 1. The van der Waals surface area contributed by atoms with Gasteiger partial charge in [-0.2, -0.15) is 0 Å². The highest BCUT2D eigenvalue weighted by molar-refractivity contribution is 5.83. The Hall–Kier alpha value is -2.65. The first-order valence-corrected chi connectivity index (χ1v) is 10.2. The van der Waals surface area contributed by atoms with Gasteiger partial charge in [0.25, 0.3) is 0 Å². The summed E-state index contributed by atoms with van der Waals surface area (Å²) in [6, 6.07) is 15.0. The normalized spacial score (nSPS) is 12.2. The molecular weight excluding hydrogens is 360 g/mol. The summed E-state index contributed by atoms with van der Waals surface area (Å²) in [7, 11) is 0. The van der Waals surface area contributed by atoms with Gasteiger partial charge in [0, 0.05) is 6.61 Å². The SMILES string of the molecule is CCOC/C(=C/C=C(\c1ccc(C)cc1)c1ccc(C)cc1C)CC(=O)OCC. The minimum atomic E-state index is -0.227. The lowest BCUT2D eigenvalue weighted by atomic mass is 9.92. The molecule has 0 atom stereocenters. The molecule has 0 saturated heterocycles. The monoisotopic (exact) mass is 392 g/mol. The number of carbonyl (C=O) groups is 1. The van der Waals surface area contributed by atoms with E-state index in [4.69, 9.17) is 9.47 Å². The van der Waals surface area contributed by atoms with Crippen LogP contribution in [0.15, 0.2) is 60.2 Å². The van der Waals surface area contributed by atoms with Crippen LogP contribution in [0.5, 0.6) is 0 Å². The summed E-state index contributed by atoms with van der Waals surface area (Å²) in [5.74, 6) is -0.227. The summed E-state index contributed by atoms with van der Waals surface area (Å²) in [5.41, 5.74) is 8.04. The first-order chi connectivity index (χ1) is 13.9. The van der Waals surface area contributed by atoms with Gasteiger partial charge >= 0.3 is 5.97 Å². The standard InChI is InChI=1S/C26H32O3/c1-6-28-18-22(17-26(27)29-7-2)11-15-25(23-12-8-19(3)9-13-23)24-14-10-20(4)16-21(24)5/h8-16H,6-7,17-18H2,1-5H3/b22-11+,25-15+. The smallest absolute Gasteiger partial charge is 0.309 e. The van der Waals surface area contributed by atoms with Crippen LogP contribution >= 0.6 is 0 Å². The highest BCUT2D eigenvalue weighted by atomic mass is 16.5. The average Bonchev–Trinajstić information content (AvgIpc) is 2.68. The van der Waals surface area contributed by atoms with Crippen molar-refractivity contribution in [3.05, 3.63) is 88.0 Å². The van der Waals surface area contributed by atoms with Crippen molar-refractivity contribution in [3.63, 3.8) is 0 Å². The van der Waals surface area contributed by atoms with Crippen LogP contribution in [0.4, 0.5) is 0 Å². The Morgan fingerprint density at radius 2 is 1.59 bits per heavy atom. The zero-order chi connectivity index (χ0) is 21.2. The molecule has 154 valence electrons. The minimum absolute atomic E-state index is 0.227. The lowest BCUT2D eigenvalue weighted by Gasteiger charge is -2.13. The minimum Gasteiger partial charge on any atom is -0.466 e. The largest absolute Gasteiger partial charge is 0.466 e. The molecule has 0 unspecified atom stereocenters. The third-order valence-electron chi connectivity index (χ3n) is 4.69. The van der Waals surface area contributed by atoms with Gasteiger partial charge in [-0.3, -0.25) is 4.79 Å². The third kappa shape index (κ3) is 7.03. The number of ether oxygens (including phenoxy) is 2. The predicted molar refractivity (Wildman–Crippen MR) is 120 cm³/mol. The van der Waals surface area contributed by atoms with Crippen molar-refractivity contribution in [1.82, 2.24) is 0 Å². The fraction of sp³-hybridized carbons (Fsp3) is 0.346. The third-order valence-corrected chi connectivity index (χ3v) is 4.69. The van der Waals surface area contributed by atoms with Crippen LogP contribution in [-0.2, 0) is 14.3 Å². The topological polar surface area (TPSA) is 35.5 Å². The summed E-state index contributed by atoms with van der Waals surface area (Å²) < 4.78 is 10.7. The van der Waals surface area contributed by atoms with Crippen molar-refractivity contribution in [3.8, 4) is 0 Å². The van der Waals surface area contributed by atoms with Crippen LogP contribution in [-0.4, -0.2) is 25.8 Å². The second kappa shape index (κ2) is 11.4. The van der Waals surface area contributed by atoms with E-state index >= 15 is 0 Å². The molecule has 0 aliphatic carbocycles. The Kier molecular flexibility index (Phi) is 8.88. The van der Waals surface area contributed by atoms with Crippen LogP contribution in [0.2, 0.25) is 0 Å². The Bertz CT molecular complexity index is 873. The van der Waals surface area contributed by atoms with Crippen molar-refractivity contribution in [1.29, 1.82) is 0 Å². The van der Waals surface area contributed by atoms with Crippen LogP contribution in [0.1, 0.15) is 48.1 Å². The molecule has 0 amide bonds. The number of benzene rings is 2. The predicted octanol–water partition coefficient (Wildman–Crippen LogP) is 5.96. The molecule has 3 heteroatoms. The number of rotatable bonds is 9. The van der Waals surface area contributed by atoms with Crippen molar-refractivity contribution >= 4 is 11.5 Å². The Morgan fingerprint density at radius 3 is 2.21 bits per heavy atom. The number of hydrogen-bond donors (Lipinski definition) is 0. The van der Waals surface area contributed by atoms with Crippen molar-refractivity contribution < 1.29 is 14.3 Å².